The molecule has 6 rings (SSSR count). The average molecular weight is 434 g/mol. The van der Waals surface area contributed by atoms with Gasteiger partial charge in [-0.1, -0.05) is 36.4 Å². The van der Waals surface area contributed by atoms with Crippen LogP contribution in [-0.2, 0) is 7.05 Å². The molecule has 0 atom stereocenters. The van der Waals surface area contributed by atoms with Crippen LogP contribution in [0.4, 0.5) is 0 Å². The van der Waals surface area contributed by atoms with Crippen LogP contribution in [0.5, 0.6) is 0 Å². The molecule has 1 aliphatic rings. The van der Waals surface area contributed by atoms with Crippen LogP contribution in [0.2, 0.25) is 0 Å². The van der Waals surface area contributed by atoms with Crippen LogP contribution in [0.25, 0.3) is 45.1 Å². The fourth-order valence-corrected chi connectivity index (χ4v) is 3.94. The van der Waals surface area contributed by atoms with E-state index in [0.29, 0.717) is 5.82 Å². The molecular formula is C22H20ClN7O. The maximum absolute atomic E-state index is 12.4. The van der Waals surface area contributed by atoms with E-state index < -0.39 is 0 Å². The highest BCUT2D eigenvalue weighted by atomic mass is 35.5. The third kappa shape index (κ3) is 3.16. The molecule has 0 bridgehead atoms. The highest BCUT2D eigenvalue weighted by Gasteiger charge is 2.31. The molecule has 0 unspecified atom stereocenters. The summed E-state index contributed by atoms with van der Waals surface area (Å²) in [6, 6.07) is 16.3. The molecule has 2 aromatic carbocycles. The number of benzene rings is 2. The van der Waals surface area contributed by atoms with Gasteiger partial charge in [0.25, 0.3) is 0 Å². The van der Waals surface area contributed by atoms with Crippen molar-refractivity contribution in [1.29, 1.82) is 0 Å². The Hall–Kier alpha value is -3.65. The van der Waals surface area contributed by atoms with Crippen molar-refractivity contribution in [3.05, 3.63) is 65.2 Å². The molecule has 8 nitrogen and oxygen atoms in total. The minimum atomic E-state index is -0.183. The normalized spacial score (nSPS) is 13.5. The molecule has 3 heterocycles. The summed E-state index contributed by atoms with van der Waals surface area (Å²) in [6.07, 6.45) is 3.82. The van der Waals surface area contributed by atoms with Crippen molar-refractivity contribution in [3.63, 3.8) is 0 Å². The number of nitrogens with zero attached hydrogens (tertiary/aromatic N) is 5. The van der Waals surface area contributed by atoms with Crippen LogP contribution >= 0.6 is 12.4 Å². The Morgan fingerprint density at radius 2 is 1.87 bits per heavy atom. The zero-order valence-corrected chi connectivity index (χ0v) is 17.6. The lowest BCUT2D eigenvalue weighted by atomic mass is 10.1. The van der Waals surface area contributed by atoms with E-state index in [1.54, 1.807) is 4.57 Å². The third-order valence-electron chi connectivity index (χ3n) is 5.61. The number of fused-ring (bicyclic) bond motifs is 1. The number of rotatable bonds is 4. The first-order chi connectivity index (χ1) is 14.7. The first-order valence-electron chi connectivity index (χ1n) is 9.94. The molecule has 0 radical (unpaired) electrons. The number of H-pyrrole nitrogens is 2. The van der Waals surface area contributed by atoms with Gasteiger partial charge in [-0.15, -0.1) is 12.4 Å². The van der Waals surface area contributed by atoms with Gasteiger partial charge in [-0.05, 0) is 25.0 Å². The SMILES string of the molecule is Cl.Cn1ncc2cc(-c3nc(-c4ccccc4)[nH]c3-c3n[nH]c(=O)n3C3CC3)ccc21. The summed E-state index contributed by atoms with van der Waals surface area (Å²) in [5.74, 6) is 1.34. The number of hydrogen-bond donors (Lipinski definition) is 2. The number of aromatic amines is 2. The van der Waals surface area contributed by atoms with Crippen LogP contribution in [0, 0.1) is 0 Å². The Balaban J connectivity index is 0.00000204. The lowest BCUT2D eigenvalue weighted by Gasteiger charge is -2.05. The first-order valence-corrected chi connectivity index (χ1v) is 9.94. The monoisotopic (exact) mass is 433 g/mol. The van der Waals surface area contributed by atoms with Gasteiger partial charge in [0, 0.05) is 29.6 Å². The molecule has 0 spiro atoms. The van der Waals surface area contributed by atoms with Crippen LogP contribution in [0.3, 0.4) is 0 Å². The zero-order valence-electron chi connectivity index (χ0n) is 16.7. The number of aromatic nitrogens is 7. The van der Waals surface area contributed by atoms with Crippen LogP contribution in [0.15, 0.2) is 59.5 Å². The van der Waals surface area contributed by atoms with Crippen molar-refractivity contribution in [1.82, 2.24) is 34.5 Å². The second-order valence-electron chi connectivity index (χ2n) is 7.67. The Labute approximate surface area is 183 Å². The van der Waals surface area contributed by atoms with Gasteiger partial charge in [0.1, 0.15) is 17.2 Å². The minimum absolute atomic E-state index is 0. The van der Waals surface area contributed by atoms with E-state index in [0.717, 1.165) is 52.1 Å². The van der Waals surface area contributed by atoms with Gasteiger partial charge in [-0.25, -0.2) is 14.9 Å². The molecule has 0 saturated heterocycles. The summed E-state index contributed by atoms with van der Waals surface area (Å²) in [5.41, 5.74) is 4.29. The summed E-state index contributed by atoms with van der Waals surface area (Å²) in [6.45, 7) is 0. The number of nitrogens with one attached hydrogen (secondary N) is 2. The van der Waals surface area contributed by atoms with E-state index in [9.17, 15) is 4.79 Å². The highest BCUT2D eigenvalue weighted by molar-refractivity contribution is 5.87. The molecule has 156 valence electrons. The molecule has 3 aromatic heterocycles. The van der Waals surface area contributed by atoms with E-state index in [1.165, 1.54) is 0 Å². The predicted molar refractivity (Wildman–Crippen MR) is 121 cm³/mol. The lowest BCUT2D eigenvalue weighted by molar-refractivity contribution is 0.715. The van der Waals surface area contributed by atoms with E-state index in [4.69, 9.17) is 4.98 Å². The molecule has 1 saturated carbocycles. The van der Waals surface area contributed by atoms with Crippen LogP contribution in [-0.4, -0.2) is 34.5 Å². The highest BCUT2D eigenvalue weighted by Crippen LogP contribution is 2.39. The molecule has 5 aromatic rings. The summed E-state index contributed by atoms with van der Waals surface area (Å²) in [4.78, 5) is 20.7. The number of hydrogen-bond acceptors (Lipinski definition) is 4. The molecule has 9 heteroatoms. The molecule has 31 heavy (non-hydrogen) atoms. The molecule has 1 aliphatic carbocycles. The number of halogens is 1. The van der Waals surface area contributed by atoms with Crippen molar-refractivity contribution >= 4 is 23.3 Å². The quantitative estimate of drug-likeness (QED) is 0.448. The van der Waals surface area contributed by atoms with Gasteiger partial charge in [-0.3, -0.25) is 9.25 Å². The summed E-state index contributed by atoms with van der Waals surface area (Å²) >= 11 is 0. The van der Waals surface area contributed by atoms with Crippen molar-refractivity contribution in [2.24, 2.45) is 7.05 Å². The molecule has 2 N–H and O–H groups in total. The maximum Gasteiger partial charge on any atom is 0.343 e. The lowest BCUT2D eigenvalue weighted by Crippen LogP contribution is -2.16. The molecular weight excluding hydrogens is 414 g/mol. The molecule has 1 fully saturated rings. The summed E-state index contributed by atoms with van der Waals surface area (Å²) in [7, 11) is 1.92. The Morgan fingerprint density at radius 3 is 2.65 bits per heavy atom. The van der Waals surface area contributed by atoms with Gasteiger partial charge in [-0.2, -0.15) is 10.2 Å². The predicted octanol–water partition coefficient (Wildman–Crippen LogP) is 3.94. The van der Waals surface area contributed by atoms with E-state index in [1.807, 2.05) is 60.4 Å². The van der Waals surface area contributed by atoms with Gasteiger partial charge < -0.3 is 4.98 Å². The summed E-state index contributed by atoms with van der Waals surface area (Å²) < 4.78 is 3.59. The zero-order chi connectivity index (χ0) is 20.2. The Bertz CT molecular complexity index is 1440. The average Bonchev–Trinajstić information content (AvgIpc) is 3.22. The van der Waals surface area contributed by atoms with Gasteiger partial charge in [0.2, 0.25) is 0 Å². The largest absolute Gasteiger partial charge is 0.343 e. The van der Waals surface area contributed by atoms with E-state index in [2.05, 4.69) is 26.3 Å². The van der Waals surface area contributed by atoms with Gasteiger partial charge in [0.15, 0.2) is 5.82 Å². The maximum atomic E-state index is 12.4. The second kappa shape index (κ2) is 7.24. The summed E-state index contributed by atoms with van der Waals surface area (Å²) in [5, 5.41) is 12.3. The Kier molecular flexibility index (Phi) is 4.51. The fraction of sp³-hybridized carbons (Fsp3) is 0.182. The number of imidazole rings is 1. The van der Waals surface area contributed by atoms with Crippen molar-refractivity contribution < 1.29 is 0 Å². The Morgan fingerprint density at radius 1 is 1.06 bits per heavy atom. The standard InChI is InChI=1S/C22H19N7O.ClH/c1-28-17-10-7-14(11-15(17)12-23-28)18-19(21-26-27-22(30)29(21)16-8-9-16)25-20(24-18)13-5-3-2-4-6-13;/h2-7,10-12,16H,8-9H2,1H3,(H,24,25)(H,27,30);1H. The molecule has 0 aliphatic heterocycles. The fourth-order valence-electron chi connectivity index (χ4n) is 3.94. The number of aryl methyl sites for hydroxylation is 1. The minimum Gasteiger partial charge on any atom is -0.335 e. The van der Waals surface area contributed by atoms with Crippen molar-refractivity contribution in [3.8, 4) is 34.2 Å². The second-order valence-corrected chi connectivity index (χ2v) is 7.67. The topological polar surface area (TPSA) is 97.2 Å². The van der Waals surface area contributed by atoms with E-state index in [-0.39, 0.29) is 24.1 Å². The van der Waals surface area contributed by atoms with Gasteiger partial charge in [0.05, 0.1) is 11.7 Å². The van der Waals surface area contributed by atoms with Gasteiger partial charge >= 0.3 is 5.69 Å². The molecule has 0 amide bonds. The van der Waals surface area contributed by atoms with Crippen molar-refractivity contribution in [2.45, 2.75) is 18.9 Å². The van der Waals surface area contributed by atoms with Crippen molar-refractivity contribution in [2.75, 3.05) is 0 Å². The van der Waals surface area contributed by atoms with Crippen LogP contribution < -0.4 is 5.69 Å². The van der Waals surface area contributed by atoms with Crippen LogP contribution in [0.1, 0.15) is 18.9 Å². The first kappa shape index (κ1) is 19.3. The third-order valence-corrected chi connectivity index (χ3v) is 5.61. The van der Waals surface area contributed by atoms with E-state index >= 15 is 0 Å². The smallest absolute Gasteiger partial charge is 0.335 e.